The van der Waals surface area contributed by atoms with Crippen LogP contribution < -0.4 is 10.6 Å². The van der Waals surface area contributed by atoms with Crippen molar-refractivity contribution < 1.29 is 4.79 Å². The number of hydrogen-bond donors (Lipinski definition) is 2. The lowest BCUT2D eigenvalue weighted by molar-refractivity contribution is -0.121. The molecule has 1 unspecified atom stereocenters. The Morgan fingerprint density at radius 3 is 2.38 bits per heavy atom. The van der Waals surface area contributed by atoms with Gasteiger partial charge in [-0.05, 0) is 20.4 Å². The molecular formula is C13H28N2O. The van der Waals surface area contributed by atoms with Crippen LogP contribution in [0.2, 0.25) is 0 Å². The van der Waals surface area contributed by atoms with Gasteiger partial charge >= 0.3 is 0 Å². The number of carbonyl (C=O) groups is 1. The van der Waals surface area contributed by atoms with E-state index < -0.39 is 0 Å². The number of rotatable bonds is 10. The minimum absolute atomic E-state index is 0.192. The summed E-state index contributed by atoms with van der Waals surface area (Å²) in [7, 11) is 1.91. The summed E-state index contributed by atoms with van der Waals surface area (Å²) in [6, 6.07) is 0.355. The summed E-state index contributed by atoms with van der Waals surface area (Å²) in [4.78, 5) is 11.4. The molecule has 0 spiro atoms. The fourth-order valence-corrected chi connectivity index (χ4v) is 1.52. The zero-order valence-electron chi connectivity index (χ0n) is 11.1. The first kappa shape index (κ1) is 15.4. The largest absolute Gasteiger partial charge is 0.355 e. The highest BCUT2D eigenvalue weighted by molar-refractivity contribution is 5.75. The van der Waals surface area contributed by atoms with Crippen LogP contribution >= 0.6 is 0 Å². The summed E-state index contributed by atoms with van der Waals surface area (Å²) in [5.74, 6) is 0.192. The van der Waals surface area contributed by atoms with Gasteiger partial charge in [-0.15, -0.1) is 0 Å². The molecule has 0 radical (unpaired) electrons. The van der Waals surface area contributed by atoms with Gasteiger partial charge in [0, 0.05) is 19.0 Å². The molecular weight excluding hydrogens is 200 g/mol. The van der Waals surface area contributed by atoms with Gasteiger partial charge in [-0.25, -0.2) is 0 Å². The van der Waals surface area contributed by atoms with Gasteiger partial charge in [0.2, 0.25) is 5.91 Å². The molecule has 0 aromatic rings. The summed E-state index contributed by atoms with van der Waals surface area (Å²) >= 11 is 0. The molecule has 0 aliphatic carbocycles. The molecule has 0 heterocycles. The summed E-state index contributed by atoms with van der Waals surface area (Å²) in [6.45, 7) is 5.01. The van der Waals surface area contributed by atoms with Crippen molar-refractivity contribution in [2.45, 2.75) is 64.8 Å². The molecule has 0 saturated carbocycles. The second-order valence-corrected chi connectivity index (χ2v) is 4.51. The Morgan fingerprint density at radius 2 is 1.75 bits per heavy atom. The number of carbonyl (C=O) groups excluding carboxylic acids is 1. The maximum absolute atomic E-state index is 11.4. The van der Waals surface area contributed by atoms with Crippen molar-refractivity contribution in [1.29, 1.82) is 0 Å². The van der Waals surface area contributed by atoms with Crippen LogP contribution in [-0.2, 0) is 4.79 Å². The summed E-state index contributed by atoms with van der Waals surface area (Å²) in [5.41, 5.74) is 0. The van der Waals surface area contributed by atoms with Crippen molar-refractivity contribution >= 4 is 5.91 Å². The molecule has 0 aliphatic heterocycles. The minimum atomic E-state index is 0.192. The first-order valence-electron chi connectivity index (χ1n) is 6.64. The van der Waals surface area contributed by atoms with Crippen LogP contribution in [0.15, 0.2) is 0 Å². The second-order valence-electron chi connectivity index (χ2n) is 4.51. The van der Waals surface area contributed by atoms with Crippen LogP contribution in [0.5, 0.6) is 0 Å². The van der Waals surface area contributed by atoms with Gasteiger partial charge in [-0.3, -0.25) is 4.79 Å². The molecule has 3 nitrogen and oxygen atoms in total. The highest BCUT2D eigenvalue weighted by atomic mass is 16.1. The molecule has 0 rings (SSSR count). The van der Waals surface area contributed by atoms with E-state index in [2.05, 4.69) is 24.5 Å². The lowest BCUT2D eigenvalue weighted by Gasteiger charge is -2.11. The van der Waals surface area contributed by atoms with E-state index in [0.717, 1.165) is 13.0 Å². The van der Waals surface area contributed by atoms with Gasteiger partial charge < -0.3 is 10.6 Å². The molecule has 96 valence electrons. The van der Waals surface area contributed by atoms with Crippen LogP contribution in [0, 0.1) is 0 Å². The molecule has 16 heavy (non-hydrogen) atoms. The normalized spacial score (nSPS) is 12.4. The van der Waals surface area contributed by atoms with Crippen LogP contribution in [0.4, 0.5) is 0 Å². The molecule has 0 fully saturated rings. The highest BCUT2D eigenvalue weighted by Gasteiger charge is 2.02. The molecule has 1 atom stereocenters. The number of unbranched alkanes of at least 4 members (excludes halogenated alkanes) is 5. The van der Waals surface area contributed by atoms with Crippen molar-refractivity contribution in [3.8, 4) is 0 Å². The van der Waals surface area contributed by atoms with E-state index >= 15 is 0 Å². The van der Waals surface area contributed by atoms with Crippen LogP contribution in [0.1, 0.15) is 58.8 Å². The standard InChI is InChI=1S/C13H28N2O/c1-4-5-6-7-8-9-10-13(16)15-11-12(2)14-3/h12,14H,4-11H2,1-3H3,(H,15,16). The van der Waals surface area contributed by atoms with Crippen molar-refractivity contribution in [1.82, 2.24) is 10.6 Å². The highest BCUT2D eigenvalue weighted by Crippen LogP contribution is 2.06. The average Bonchev–Trinajstić information content (AvgIpc) is 2.30. The second kappa shape index (κ2) is 10.9. The van der Waals surface area contributed by atoms with Gasteiger partial charge in [0.1, 0.15) is 0 Å². The number of likely N-dealkylation sites (N-methyl/N-ethyl adjacent to an activating group) is 1. The van der Waals surface area contributed by atoms with E-state index in [9.17, 15) is 4.79 Å². The molecule has 3 heteroatoms. The first-order valence-corrected chi connectivity index (χ1v) is 6.64. The van der Waals surface area contributed by atoms with Gasteiger partial charge in [0.05, 0.1) is 0 Å². The van der Waals surface area contributed by atoms with Crippen molar-refractivity contribution in [3.05, 3.63) is 0 Å². The Morgan fingerprint density at radius 1 is 1.12 bits per heavy atom. The molecule has 0 saturated heterocycles. The lowest BCUT2D eigenvalue weighted by atomic mass is 10.1. The van der Waals surface area contributed by atoms with E-state index in [-0.39, 0.29) is 5.91 Å². The van der Waals surface area contributed by atoms with Gasteiger partial charge in [0.15, 0.2) is 0 Å². The Labute approximate surface area is 100 Å². The zero-order valence-corrected chi connectivity index (χ0v) is 11.1. The number of hydrogen-bond acceptors (Lipinski definition) is 2. The predicted octanol–water partition coefficient (Wildman–Crippen LogP) is 2.46. The predicted molar refractivity (Wildman–Crippen MR) is 69.5 cm³/mol. The third-order valence-electron chi connectivity index (χ3n) is 2.86. The number of nitrogens with one attached hydrogen (secondary N) is 2. The monoisotopic (exact) mass is 228 g/mol. The Hall–Kier alpha value is -0.570. The van der Waals surface area contributed by atoms with E-state index in [1.165, 1.54) is 32.1 Å². The Balaban J connectivity index is 3.24. The van der Waals surface area contributed by atoms with E-state index in [1.807, 2.05) is 7.05 Å². The quantitative estimate of drug-likeness (QED) is 0.564. The van der Waals surface area contributed by atoms with Gasteiger partial charge in [-0.2, -0.15) is 0 Å². The molecule has 1 amide bonds. The summed E-state index contributed by atoms with van der Waals surface area (Å²) in [5, 5.41) is 6.03. The third-order valence-corrected chi connectivity index (χ3v) is 2.86. The number of amides is 1. The lowest BCUT2D eigenvalue weighted by Crippen LogP contribution is -2.37. The molecule has 0 bridgehead atoms. The average molecular weight is 228 g/mol. The van der Waals surface area contributed by atoms with Gasteiger partial charge in [0.25, 0.3) is 0 Å². The fourth-order valence-electron chi connectivity index (χ4n) is 1.52. The van der Waals surface area contributed by atoms with Crippen LogP contribution in [-0.4, -0.2) is 25.5 Å². The van der Waals surface area contributed by atoms with Crippen molar-refractivity contribution in [3.63, 3.8) is 0 Å². The molecule has 0 aromatic carbocycles. The third kappa shape index (κ3) is 9.97. The maximum atomic E-state index is 11.4. The van der Waals surface area contributed by atoms with Crippen LogP contribution in [0.3, 0.4) is 0 Å². The maximum Gasteiger partial charge on any atom is 0.220 e. The van der Waals surface area contributed by atoms with Crippen molar-refractivity contribution in [2.75, 3.05) is 13.6 Å². The minimum Gasteiger partial charge on any atom is -0.355 e. The first-order chi connectivity index (χ1) is 7.70. The summed E-state index contributed by atoms with van der Waals surface area (Å²) < 4.78 is 0. The van der Waals surface area contributed by atoms with E-state index in [4.69, 9.17) is 0 Å². The van der Waals surface area contributed by atoms with Gasteiger partial charge in [-0.1, -0.05) is 39.0 Å². The zero-order chi connectivity index (χ0) is 12.2. The van der Waals surface area contributed by atoms with Crippen molar-refractivity contribution in [2.24, 2.45) is 0 Å². The molecule has 0 aromatic heterocycles. The Bertz CT molecular complexity index is 171. The van der Waals surface area contributed by atoms with Crippen LogP contribution in [0.25, 0.3) is 0 Å². The molecule has 2 N–H and O–H groups in total. The Kier molecular flexibility index (Phi) is 10.5. The fraction of sp³-hybridized carbons (Fsp3) is 0.923. The SMILES string of the molecule is CCCCCCCCC(=O)NCC(C)NC. The smallest absolute Gasteiger partial charge is 0.220 e. The van der Waals surface area contributed by atoms with E-state index in [1.54, 1.807) is 0 Å². The molecule has 0 aliphatic rings. The van der Waals surface area contributed by atoms with E-state index in [0.29, 0.717) is 12.5 Å². The topological polar surface area (TPSA) is 41.1 Å². The summed E-state index contributed by atoms with van der Waals surface area (Å²) in [6.07, 6.45) is 8.10.